The number of halogens is 2. The Kier molecular flexibility index (Phi) is 6.63. The lowest BCUT2D eigenvalue weighted by Crippen LogP contribution is -2.48. The maximum absolute atomic E-state index is 13.7. The summed E-state index contributed by atoms with van der Waals surface area (Å²) in [5, 5.41) is 3.23. The Morgan fingerprint density at radius 3 is 2.69 bits per heavy atom. The van der Waals surface area contributed by atoms with E-state index in [1.807, 2.05) is 24.3 Å². The Morgan fingerprint density at radius 2 is 1.96 bits per heavy atom. The molecular weight excluding hydrogens is 379 g/mol. The van der Waals surface area contributed by atoms with Crippen molar-refractivity contribution in [1.29, 1.82) is 0 Å². The van der Waals surface area contributed by atoms with Crippen LogP contribution in [0, 0.1) is 12.7 Å². The number of benzene rings is 2. The third kappa shape index (κ3) is 3.86. The Labute approximate surface area is 159 Å². The molecule has 1 aliphatic heterocycles. The summed E-state index contributed by atoms with van der Waals surface area (Å²) in [5.74, 6) is 0.0699. The summed E-state index contributed by atoms with van der Waals surface area (Å²) in [5.41, 5.74) is 1.31. The Balaban J connectivity index is 0.00000243. The molecule has 0 aliphatic carbocycles. The Bertz CT molecular complexity index is 876. The van der Waals surface area contributed by atoms with Crippen molar-refractivity contribution in [3.63, 3.8) is 0 Å². The minimum Gasteiger partial charge on any atom is -0.496 e. The molecule has 1 saturated heterocycles. The van der Waals surface area contributed by atoms with Gasteiger partial charge in [0.05, 0.1) is 18.0 Å². The van der Waals surface area contributed by atoms with Gasteiger partial charge in [-0.05, 0) is 30.7 Å². The lowest BCUT2D eigenvalue weighted by molar-refractivity contribution is 0.264. The maximum Gasteiger partial charge on any atom is 0.244 e. The number of sulfonamides is 1. The molecule has 26 heavy (non-hydrogen) atoms. The quantitative estimate of drug-likeness (QED) is 0.857. The summed E-state index contributed by atoms with van der Waals surface area (Å²) in [7, 11) is -2.28. The molecule has 1 heterocycles. The first-order valence-electron chi connectivity index (χ1n) is 8.07. The zero-order valence-electron chi connectivity index (χ0n) is 14.6. The third-order valence-electron chi connectivity index (χ3n) is 4.43. The highest BCUT2D eigenvalue weighted by Crippen LogP contribution is 2.34. The summed E-state index contributed by atoms with van der Waals surface area (Å²) < 4.78 is 47.0. The van der Waals surface area contributed by atoms with Crippen LogP contribution in [-0.4, -0.2) is 39.5 Å². The predicted molar refractivity (Wildman–Crippen MR) is 101 cm³/mol. The molecule has 0 saturated carbocycles. The molecule has 1 atom stereocenters. The molecule has 1 N–H and O–H groups in total. The minimum absolute atomic E-state index is 0. The molecule has 0 bridgehead atoms. The van der Waals surface area contributed by atoms with E-state index in [2.05, 4.69) is 5.32 Å². The molecule has 8 heteroatoms. The zero-order valence-corrected chi connectivity index (χ0v) is 16.2. The van der Waals surface area contributed by atoms with Crippen LogP contribution in [0.2, 0.25) is 0 Å². The van der Waals surface area contributed by atoms with Gasteiger partial charge in [0.15, 0.2) is 0 Å². The highest BCUT2D eigenvalue weighted by molar-refractivity contribution is 7.89. The van der Waals surface area contributed by atoms with E-state index in [0.29, 0.717) is 30.9 Å². The number of nitrogens with one attached hydrogen (secondary N) is 1. The molecule has 2 aromatic carbocycles. The van der Waals surface area contributed by atoms with Crippen molar-refractivity contribution in [2.45, 2.75) is 17.9 Å². The molecule has 1 aliphatic rings. The first-order chi connectivity index (χ1) is 11.9. The molecule has 0 spiro atoms. The lowest BCUT2D eigenvalue weighted by atomic mass is 10.0. The number of methoxy groups -OCH3 is 1. The van der Waals surface area contributed by atoms with Crippen LogP contribution in [0.1, 0.15) is 17.2 Å². The van der Waals surface area contributed by atoms with E-state index < -0.39 is 21.9 Å². The van der Waals surface area contributed by atoms with Gasteiger partial charge in [0.1, 0.15) is 11.6 Å². The Morgan fingerprint density at radius 1 is 1.23 bits per heavy atom. The molecule has 2 aromatic rings. The van der Waals surface area contributed by atoms with Crippen molar-refractivity contribution in [2.24, 2.45) is 0 Å². The molecule has 5 nitrogen and oxygen atoms in total. The van der Waals surface area contributed by atoms with Crippen molar-refractivity contribution in [3.8, 4) is 5.75 Å². The van der Waals surface area contributed by atoms with Crippen LogP contribution < -0.4 is 10.1 Å². The second-order valence-electron chi connectivity index (χ2n) is 5.99. The van der Waals surface area contributed by atoms with Crippen LogP contribution in [0.5, 0.6) is 5.75 Å². The first kappa shape index (κ1) is 20.6. The summed E-state index contributed by atoms with van der Waals surface area (Å²) in [6.07, 6.45) is 0. The van der Waals surface area contributed by atoms with Crippen molar-refractivity contribution in [2.75, 3.05) is 26.7 Å². The average Bonchev–Trinajstić information content (AvgIpc) is 2.63. The van der Waals surface area contributed by atoms with Crippen LogP contribution >= 0.6 is 12.4 Å². The maximum atomic E-state index is 13.7. The van der Waals surface area contributed by atoms with E-state index in [-0.39, 0.29) is 17.3 Å². The van der Waals surface area contributed by atoms with Crippen LogP contribution in [0.4, 0.5) is 4.39 Å². The van der Waals surface area contributed by atoms with Gasteiger partial charge in [-0.1, -0.05) is 24.3 Å². The van der Waals surface area contributed by atoms with Crippen molar-refractivity contribution >= 4 is 22.4 Å². The van der Waals surface area contributed by atoms with E-state index in [1.165, 1.54) is 16.4 Å². The van der Waals surface area contributed by atoms with Crippen molar-refractivity contribution < 1.29 is 17.5 Å². The number of hydrogen-bond donors (Lipinski definition) is 1. The van der Waals surface area contributed by atoms with Gasteiger partial charge in [-0.25, -0.2) is 12.8 Å². The number of piperazine rings is 1. The molecular formula is C18H22ClFN2O3S. The van der Waals surface area contributed by atoms with Gasteiger partial charge in [0.2, 0.25) is 10.0 Å². The summed E-state index contributed by atoms with van der Waals surface area (Å²) in [4.78, 5) is 0.00861. The van der Waals surface area contributed by atoms with Crippen LogP contribution in [0.15, 0.2) is 47.4 Å². The molecule has 1 unspecified atom stereocenters. The number of aryl methyl sites for hydroxylation is 1. The van der Waals surface area contributed by atoms with E-state index in [4.69, 9.17) is 4.74 Å². The van der Waals surface area contributed by atoms with Gasteiger partial charge in [0.25, 0.3) is 0 Å². The van der Waals surface area contributed by atoms with Gasteiger partial charge in [0, 0.05) is 25.2 Å². The monoisotopic (exact) mass is 400 g/mol. The van der Waals surface area contributed by atoms with Gasteiger partial charge >= 0.3 is 0 Å². The average molecular weight is 401 g/mol. The second kappa shape index (κ2) is 8.35. The summed E-state index contributed by atoms with van der Waals surface area (Å²) >= 11 is 0. The van der Waals surface area contributed by atoms with Crippen LogP contribution in [0.3, 0.4) is 0 Å². The molecule has 0 amide bonds. The fourth-order valence-corrected chi connectivity index (χ4v) is 5.00. The largest absolute Gasteiger partial charge is 0.496 e. The van der Waals surface area contributed by atoms with Gasteiger partial charge < -0.3 is 10.1 Å². The lowest BCUT2D eigenvalue weighted by Gasteiger charge is -2.36. The molecule has 0 aromatic heterocycles. The van der Waals surface area contributed by atoms with E-state index in [0.717, 1.165) is 11.6 Å². The first-order valence-corrected chi connectivity index (χ1v) is 9.51. The minimum atomic E-state index is -3.84. The predicted octanol–water partition coefficient (Wildman–Crippen LogP) is 2.90. The van der Waals surface area contributed by atoms with Crippen LogP contribution in [-0.2, 0) is 10.0 Å². The number of para-hydroxylation sites is 1. The van der Waals surface area contributed by atoms with Gasteiger partial charge in [-0.2, -0.15) is 4.31 Å². The molecule has 142 valence electrons. The second-order valence-corrected chi connectivity index (χ2v) is 7.85. The summed E-state index contributed by atoms with van der Waals surface area (Å²) in [6, 6.07) is 10.8. The van der Waals surface area contributed by atoms with E-state index >= 15 is 0 Å². The SMILES string of the molecule is COc1ccccc1C1CNCCN1S(=O)(=O)c1cc(F)ccc1C.Cl. The van der Waals surface area contributed by atoms with Gasteiger partial charge in [-0.15, -0.1) is 12.4 Å². The number of hydrogen-bond acceptors (Lipinski definition) is 4. The zero-order chi connectivity index (χ0) is 18.0. The standard InChI is InChI=1S/C18H21FN2O3S.ClH/c1-13-7-8-14(19)11-18(13)25(22,23)21-10-9-20-12-16(21)15-5-3-4-6-17(15)24-2;/h3-8,11,16,20H,9-10,12H2,1-2H3;1H. The normalized spacial score (nSPS) is 18.2. The Hall–Kier alpha value is -1.67. The fraction of sp³-hybridized carbons (Fsp3) is 0.333. The smallest absolute Gasteiger partial charge is 0.244 e. The summed E-state index contributed by atoms with van der Waals surface area (Å²) in [6.45, 7) is 2.99. The number of nitrogens with zero attached hydrogens (tertiary/aromatic N) is 1. The fourth-order valence-electron chi connectivity index (χ4n) is 3.16. The molecule has 3 rings (SSSR count). The molecule has 1 fully saturated rings. The molecule has 0 radical (unpaired) electrons. The van der Waals surface area contributed by atoms with Crippen LogP contribution in [0.25, 0.3) is 0 Å². The highest BCUT2D eigenvalue weighted by Gasteiger charge is 2.36. The van der Waals surface area contributed by atoms with E-state index in [1.54, 1.807) is 14.0 Å². The van der Waals surface area contributed by atoms with E-state index in [9.17, 15) is 12.8 Å². The topological polar surface area (TPSA) is 58.6 Å². The van der Waals surface area contributed by atoms with Crippen molar-refractivity contribution in [1.82, 2.24) is 9.62 Å². The number of rotatable bonds is 4. The third-order valence-corrected chi connectivity index (χ3v) is 6.48. The highest BCUT2D eigenvalue weighted by atomic mass is 35.5. The van der Waals surface area contributed by atoms with Gasteiger partial charge in [-0.3, -0.25) is 0 Å². The van der Waals surface area contributed by atoms with Crippen molar-refractivity contribution in [3.05, 3.63) is 59.4 Å². The number of ether oxygens (including phenoxy) is 1.